The second-order valence-electron chi connectivity index (χ2n) is 5.31. The average Bonchev–Trinajstić information content (AvgIpc) is 2.99. The number of thiophene rings is 1. The lowest BCUT2D eigenvalue weighted by Crippen LogP contribution is -2.34. The molecule has 1 aromatic heterocycles. The topological polar surface area (TPSA) is 98.5 Å². The molecule has 0 spiro atoms. The molecule has 25 heavy (non-hydrogen) atoms. The van der Waals surface area contributed by atoms with E-state index < -0.39 is 18.0 Å². The Labute approximate surface area is 153 Å². The molecule has 2 aromatic rings. The van der Waals surface area contributed by atoms with Gasteiger partial charge in [0.15, 0.2) is 6.61 Å². The summed E-state index contributed by atoms with van der Waals surface area (Å²) in [5.74, 6) is -0.882. The van der Waals surface area contributed by atoms with Gasteiger partial charge in [0.2, 0.25) is 5.78 Å². The van der Waals surface area contributed by atoms with E-state index in [2.05, 4.69) is 5.32 Å². The number of ketones is 1. The van der Waals surface area contributed by atoms with E-state index in [1.165, 1.54) is 11.3 Å². The highest BCUT2D eigenvalue weighted by atomic mass is 35.5. The van der Waals surface area contributed by atoms with Crippen molar-refractivity contribution in [3.63, 3.8) is 0 Å². The van der Waals surface area contributed by atoms with Crippen LogP contribution in [0.1, 0.15) is 32.6 Å². The van der Waals surface area contributed by atoms with Gasteiger partial charge in [0.05, 0.1) is 17.3 Å². The van der Waals surface area contributed by atoms with Crippen LogP contribution in [0.5, 0.6) is 0 Å². The summed E-state index contributed by atoms with van der Waals surface area (Å²) in [6.07, 6.45) is -0.151. The highest BCUT2D eigenvalue weighted by Gasteiger charge is 2.20. The Morgan fingerprint density at radius 1 is 1.20 bits per heavy atom. The van der Waals surface area contributed by atoms with Gasteiger partial charge >= 0.3 is 12.0 Å². The van der Waals surface area contributed by atoms with Crippen LogP contribution in [0, 0.1) is 6.92 Å². The summed E-state index contributed by atoms with van der Waals surface area (Å²) >= 11 is 7.17. The highest BCUT2D eigenvalue weighted by Crippen LogP contribution is 2.20. The van der Waals surface area contributed by atoms with Crippen molar-refractivity contribution in [1.29, 1.82) is 0 Å². The summed E-state index contributed by atoms with van der Waals surface area (Å²) < 4.78 is 5.02. The third-order valence-corrected chi connectivity index (χ3v) is 4.63. The van der Waals surface area contributed by atoms with Crippen LogP contribution in [0.25, 0.3) is 0 Å². The molecule has 0 saturated heterocycles. The zero-order chi connectivity index (χ0) is 18.4. The normalized spacial score (nSPS) is 11.6. The Bertz CT molecular complexity index is 773. The Morgan fingerprint density at radius 3 is 2.44 bits per heavy atom. The average molecular weight is 381 g/mol. The van der Waals surface area contributed by atoms with Crippen molar-refractivity contribution in [3.05, 3.63) is 56.7 Å². The molecule has 0 fully saturated rings. The van der Waals surface area contributed by atoms with Crippen molar-refractivity contribution in [1.82, 2.24) is 5.32 Å². The van der Waals surface area contributed by atoms with Gasteiger partial charge in [0, 0.05) is 9.90 Å². The zero-order valence-corrected chi connectivity index (χ0v) is 15.0. The van der Waals surface area contributed by atoms with Crippen LogP contribution in [0.4, 0.5) is 4.79 Å². The molecule has 0 saturated carbocycles. The maximum Gasteiger partial charge on any atom is 0.312 e. The van der Waals surface area contributed by atoms with Crippen molar-refractivity contribution in [2.75, 3.05) is 6.61 Å². The fraction of sp³-hybridized carbons (Fsp3) is 0.235. The van der Waals surface area contributed by atoms with Gasteiger partial charge in [-0.3, -0.25) is 9.59 Å². The number of aryl methyl sites for hydroxylation is 1. The molecule has 1 aromatic carbocycles. The Balaban J connectivity index is 1.95. The second-order valence-corrected chi connectivity index (χ2v) is 7.04. The van der Waals surface area contributed by atoms with Crippen molar-refractivity contribution >= 4 is 40.7 Å². The summed E-state index contributed by atoms with van der Waals surface area (Å²) in [4.78, 5) is 36.7. The summed E-state index contributed by atoms with van der Waals surface area (Å²) in [6.45, 7) is 1.54. The standard InChI is InChI=1S/C17H17ClN2O4S/c1-10-2-7-15(25-10)14(21)9-24-16(22)8-13(20-17(19)23)11-3-5-12(18)6-4-11/h2-7,13H,8-9H2,1H3,(H3,19,20,23)/t13-/m0/s1. The van der Waals surface area contributed by atoms with Gasteiger partial charge < -0.3 is 15.8 Å². The number of ether oxygens (including phenoxy) is 1. The summed E-state index contributed by atoms with van der Waals surface area (Å²) in [5, 5.41) is 3.01. The molecule has 0 unspecified atom stereocenters. The quantitative estimate of drug-likeness (QED) is 0.569. The molecule has 0 aliphatic rings. The number of carbonyl (C=O) groups is 3. The lowest BCUT2D eigenvalue weighted by molar-refractivity contribution is -0.143. The van der Waals surface area contributed by atoms with E-state index in [-0.39, 0.29) is 18.8 Å². The molecule has 2 amide bonds. The first-order valence-corrected chi connectivity index (χ1v) is 8.61. The van der Waals surface area contributed by atoms with Crippen LogP contribution in [0.15, 0.2) is 36.4 Å². The number of hydrogen-bond donors (Lipinski definition) is 2. The van der Waals surface area contributed by atoms with E-state index in [0.717, 1.165) is 4.88 Å². The number of urea groups is 1. The first-order chi connectivity index (χ1) is 11.8. The van der Waals surface area contributed by atoms with Gasteiger partial charge in [0.25, 0.3) is 0 Å². The van der Waals surface area contributed by atoms with E-state index in [9.17, 15) is 14.4 Å². The maximum absolute atomic E-state index is 12.0. The Kier molecular flexibility index (Phi) is 6.55. The number of rotatable bonds is 7. The summed E-state index contributed by atoms with van der Waals surface area (Å²) in [7, 11) is 0. The molecule has 0 radical (unpaired) electrons. The first-order valence-electron chi connectivity index (χ1n) is 7.42. The molecular weight excluding hydrogens is 364 g/mol. The number of nitrogens with two attached hydrogens (primary N) is 1. The van der Waals surface area contributed by atoms with E-state index in [4.69, 9.17) is 22.1 Å². The molecule has 6 nitrogen and oxygen atoms in total. The molecule has 0 aliphatic heterocycles. The Hall–Kier alpha value is -2.38. The number of Topliss-reactive ketones (excluding diaryl/α,β-unsaturated/α-hetero) is 1. The minimum Gasteiger partial charge on any atom is -0.457 e. The van der Waals surface area contributed by atoms with Gasteiger partial charge in [-0.2, -0.15) is 0 Å². The smallest absolute Gasteiger partial charge is 0.312 e. The molecule has 1 atom stereocenters. The molecule has 3 N–H and O–H groups in total. The molecule has 0 aliphatic carbocycles. The van der Waals surface area contributed by atoms with Gasteiger partial charge in [-0.15, -0.1) is 11.3 Å². The van der Waals surface area contributed by atoms with Crippen molar-refractivity contribution in [2.45, 2.75) is 19.4 Å². The number of primary amides is 1. The van der Waals surface area contributed by atoms with Gasteiger partial charge in [-0.05, 0) is 36.8 Å². The van der Waals surface area contributed by atoms with E-state index in [0.29, 0.717) is 15.5 Å². The van der Waals surface area contributed by atoms with Crippen molar-refractivity contribution in [2.24, 2.45) is 5.73 Å². The largest absolute Gasteiger partial charge is 0.457 e. The number of esters is 1. The lowest BCUT2D eigenvalue weighted by atomic mass is 10.0. The summed E-state index contributed by atoms with van der Waals surface area (Å²) in [5.41, 5.74) is 5.81. The van der Waals surface area contributed by atoms with Crippen LogP contribution in [0.2, 0.25) is 5.02 Å². The molecule has 132 valence electrons. The van der Waals surface area contributed by atoms with Gasteiger partial charge in [-0.1, -0.05) is 23.7 Å². The number of amides is 2. The summed E-state index contributed by atoms with van der Waals surface area (Å²) in [6, 6.07) is 8.72. The highest BCUT2D eigenvalue weighted by molar-refractivity contribution is 7.14. The second kappa shape index (κ2) is 8.64. The van der Waals surface area contributed by atoms with Crippen molar-refractivity contribution in [3.8, 4) is 0 Å². The number of carbonyl (C=O) groups excluding carboxylic acids is 3. The minimum absolute atomic E-state index is 0.151. The number of benzene rings is 1. The SMILES string of the molecule is Cc1ccc(C(=O)COC(=O)C[C@H](NC(N)=O)c2ccc(Cl)cc2)s1. The third-order valence-electron chi connectivity index (χ3n) is 3.34. The predicted molar refractivity (Wildman–Crippen MR) is 95.9 cm³/mol. The van der Waals surface area contributed by atoms with Crippen LogP contribution in [0.3, 0.4) is 0 Å². The fourth-order valence-corrected chi connectivity index (χ4v) is 3.06. The first kappa shape index (κ1) is 19.0. The number of halogens is 1. The monoisotopic (exact) mass is 380 g/mol. The van der Waals surface area contributed by atoms with Crippen LogP contribution >= 0.6 is 22.9 Å². The van der Waals surface area contributed by atoms with E-state index >= 15 is 0 Å². The Morgan fingerprint density at radius 2 is 1.88 bits per heavy atom. The zero-order valence-electron chi connectivity index (χ0n) is 13.5. The number of hydrogen-bond acceptors (Lipinski definition) is 5. The van der Waals surface area contributed by atoms with Gasteiger partial charge in [-0.25, -0.2) is 4.79 Å². The number of nitrogens with one attached hydrogen (secondary N) is 1. The molecular formula is C17H17ClN2O4S. The van der Waals surface area contributed by atoms with E-state index in [1.54, 1.807) is 30.3 Å². The molecule has 0 bridgehead atoms. The van der Waals surface area contributed by atoms with E-state index in [1.807, 2.05) is 13.0 Å². The molecule has 8 heteroatoms. The predicted octanol–water partition coefficient (Wildman–Crippen LogP) is 3.24. The van der Waals surface area contributed by atoms with Crippen LogP contribution in [-0.4, -0.2) is 24.4 Å². The van der Waals surface area contributed by atoms with Crippen LogP contribution < -0.4 is 11.1 Å². The minimum atomic E-state index is -0.766. The molecule has 2 rings (SSSR count). The van der Waals surface area contributed by atoms with Gasteiger partial charge in [0.1, 0.15) is 0 Å². The van der Waals surface area contributed by atoms with Crippen molar-refractivity contribution < 1.29 is 19.1 Å². The fourth-order valence-electron chi connectivity index (χ4n) is 2.15. The maximum atomic E-state index is 12.0. The molecule has 1 heterocycles. The third kappa shape index (κ3) is 5.88. The van der Waals surface area contributed by atoms with Crippen LogP contribution in [-0.2, 0) is 9.53 Å². The lowest BCUT2D eigenvalue weighted by Gasteiger charge is -2.17.